The van der Waals surface area contributed by atoms with Crippen molar-refractivity contribution < 1.29 is 38.1 Å². The molecule has 0 saturated carbocycles. The van der Waals surface area contributed by atoms with Crippen molar-refractivity contribution in [3.8, 4) is 0 Å². The van der Waals surface area contributed by atoms with Crippen molar-refractivity contribution in [2.75, 3.05) is 20.8 Å². The van der Waals surface area contributed by atoms with Crippen molar-refractivity contribution in [3.05, 3.63) is 11.6 Å². The number of allylic oxidation sites excluding steroid dienone is 2. The molecule has 0 aromatic rings. The summed E-state index contributed by atoms with van der Waals surface area (Å²) in [6, 6.07) is 0. The standard InChI is InChI=1S/C19H26O8/c1-11-6-5-9-19(17(22)24-3,18(23)25-4)15-13(8-7-11)14(21)10-26-16(15)27-12(2)20/h7,13,15-16H,5-6,8-10H2,1-4H3/b11-7-/t13-,15+,16-/m1/s1. The minimum absolute atomic E-state index is 0.0904. The Hall–Kier alpha value is -2.22. The van der Waals surface area contributed by atoms with Gasteiger partial charge in [0.15, 0.2) is 11.2 Å². The van der Waals surface area contributed by atoms with E-state index in [1.807, 2.05) is 13.0 Å². The molecule has 0 amide bonds. The lowest BCUT2D eigenvalue weighted by Crippen LogP contribution is -2.59. The molecule has 0 unspecified atom stereocenters. The zero-order valence-electron chi connectivity index (χ0n) is 16.1. The first kappa shape index (κ1) is 21.1. The predicted octanol–water partition coefficient (Wildman–Crippen LogP) is 1.56. The fourth-order valence-corrected chi connectivity index (χ4v) is 4.06. The van der Waals surface area contributed by atoms with E-state index in [0.29, 0.717) is 19.3 Å². The molecule has 150 valence electrons. The smallest absolute Gasteiger partial charge is 0.323 e. The Kier molecular flexibility index (Phi) is 6.75. The van der Waals surface area contributed by atoms with E-state index in [9.17, 15) is 19.2 Å². The molecule has 1 aliphatic carbocycles. The van der Waals surface area contributed by atoms with Crippen LogP contribution in [0.5, 0.6) is 0 Å². The van der Waals surface area contributed by atoms with Crippen molar-refractivity contribution >= 4 is 23.7 Å². The maximum atomic E-state index is 12.9. The minimum Gasteiger partial charge on any atom is -0.468 e. The van der Waals surface area contributed by atoms with E-state index in [4.69, 9.17) is 18.9 Å². The Balaban J connectivity index is 2.67. The average Bonchev–Trinajstić information content (AvgIpc) is 2.71. The second-order valence-electron chi connectivity index (χ2n) is 6.98. The zero-order valence-corrected chi connectivity index (χ0v) is 16.1. The van der Waals surface area contributed by atoms with Crippen LogP contribution in [0.1, 0.15) is 39.5 Å². The van der Waals surface area contributed by atoms with Crippen molar-refractivity contribution in [1.29, 1.82) is 0 Å². The zero-order chi connectivity index (χ0) is 20.2. The summed E-state index contributed by atoms with van der Waals surface area (Å²) in [5.74, 6) is -4.31. The fraction of sp³-hybridized carbons (Fsp3) is 0.684. The summed E-state index contributed by atoms with van der Waals surface area (Å²) in [5, 5.41) is 0. The fourth-order valence-electron chi connectivity index (χ4n) is 4.06. The Morgan fingerprint density at radius 1 is 1.19 bits per heavy atom. The van der Waals surface area contributed by atoms with Gasteiger partial charge in [0, 0.05) is 12.8 Å². The molecule has 0 aromatic carbocycles. The first-order valence-electron chi connectivity index (χ1n) is 8.92. The van der Waals surface area contributed by atoms with Crippen molar-refractivity contribution in [1.82, 2.24) is 0 Å². The van der Waals surface area contributed by atoms with Gasteiger partial charge in [0.25, 0.3) is 0 Å². The lowest BCUT2D eigenvalue weighted by Gasteiger charge is -2.44. The summed E-state index contributed by atoms with van der Waals surface area (Å²) in [4.78, 5) is 50.0. The number of rotatable bonds is 3. The molecule has 2 rings (SSSR count). The van der Waals surface area contributed by atoms with Crippen LogP contribution < -0.4 is 0 Å². The van der Waals surface area contributed by atoms with E-state index in [0.717, 1.165) is 5.57 Å². The van der Waals surface area contributed by atoms with Gasteiger partial charge in [-0.25, -0.2) is 0 Å². The number of carbonyl (C=O) groups excluding carboxylic acids is 4. The Morgan fingerprint density at radius 2 is 1.81 bits per heavy atom. The molecule has 1 fully saturated rings. The number of carbonyl (C=O) groups is 4. The number of methoxy groups -OCH3 is 2. The van der Waals surface area contributed by atoms with Gasteiger partial charge < -0.3 is 18.9 Å². The first-order valence-corrected chi connectivity index (χ1v) is 8.92. The number of fused-ring (bicyclic) bond motifs is 1. The average molecular weight is 382 g/mol. The highest BCUT2D eigenvalue weighted by Gasteiger charge is 2.62. The van der Waals surface area contributed by atoms with Gasteiger partial charge in [-0.3, -0.25) is 19.2 Å². The molecule has 0 aromatic heterocycles. The highest BCUT2D eigenvalue weighted by molar-refractivity contribution is 6.01. The van der Waals surface area contributed by atoms with Gasteiger partial charge in [-0.2, -0.15) is 0 Å². The molecular formula is C19H26O8. The predicted molar refractivity (Wildman–Crippen MR) is 92.2 cm³/mol. The van der Waals surface area contributed by atoms with Gasteiger partial charge in [0.2, 0.25) is 6.29 Å². The van der Waals surface area contributed by atoms with Crippen molar-refractivity contribution in [3.63, 3.8) is 0 Å². The van der Waals surface area contributed by atoms with Gasteiger partial charge in [0.1, 0.15) is 6.61 Å². The topological polar surface area (TPSA) is 105 Å². The van der Waals surface area contributed by atoms with E-state index in [-0.39, 0.29) is 18.8 Å². The summed E-state index contributed by atoms with van der Waals surface area (Å²) < 4.78 is 20.6. The van der Waals surface area contributed by atoms with Crippen LogP contribution in [0.4, 0.5) is 0 Å². The molecule has 1 saturated heterocycles. The Labute approximate surface area is 158 Å². The highest BCUT2D eigenvalue weighted by Crippen LogP contribution is 2.48. The van der Waals surface area contributed by atoms with E-state index in [2.05, 4.69) is 0 Å². The lowest BCUT2D eigenvalue weighted by atomic mass is 9.63. The summed E-state index contributed by atoms with van der Waals surface area (Å²) in [5.41, 5.74) is -0.745. The first-order chi connectivity index (χ1) is 12.8. The second-order valence-corrected chi connectivity index (χ2v) is 6.98. The molecule has 2 aliphatic rings. The van der Waals surface area contributed by atoms with E-state index in [1.165, 1.54) is 21.1 Å². The van der Waals surface area contributed by atoms with Crippen molar-refractivity contribution in [2.45, 2.75) is 45.8 Å². The van der Waals surface area contributed by atoms with Gasteiger partial charge in [0.05, 0.1) is 20.1 Å². The van der Waals surface area contributed by atoms with Gasteiger partial charge in [-0.15, -0.1) is 0 Å². The number of ketones is 1. The van der Waals surface area contributed by atoms with Crippen LogP contribution in [0.2, 0.25) is 0 Å². The number of hydrogen-bond acceptors (Lipinski definition) is 8. The molecule has 0 radical (unpaired) electrons. The van der Waals surface area contributed by atoms with E-state index < -0.39 is 41.4 Å². The monoisotopic (exact) mass is 382 g/mol. The van der Waals surface area contributed by atoms with Crippen molar-refractivity contribution in [2.24, 2.45) is 17.3 Å². The van der Waals surface area contributed by atoms with Crippen LogP contribution in [0.15, 0.2) is 11.6 Å². The Morgan fingerprint density at radius 3 is 2.37 bits per heavy atom. The molecule has 8 nitrogen and oxygen atoms in total. The summed E-state index contributed by atoms with van der Waals surface area (Å²) in [6.07, 6.45) is 2.25. The quantitative estimate of drug-likeness (QED) is 0.313. The molecule has 0 N–H and O–H groups in total. The second kappa shape index (κ2) is 8.65. The highest BCUT2D eigenvalue weighted by atomic mass is 16.7. The van der Waals surface area contributed by atoms with Gasteiger partial charge in [-0.05, 0) is 32.6 Å². The minimum atomic E-state index is -1.80. The molecule has 27 heavy (non-hydrogen) atoms. The third-order valence-electron chi connectivity index (χ3n) is 5.34. The van der Waals surface area contributed by atoms with E-state index in [1.54, 1.807) is 0 Å². The molecule has 8 heteroatoms. The lowest BCUT2D eigenvalue weighted by molar-refractivity contribution is -0.233. The van der Waals surface area contributed by atoms with Gasteiger partial charge in [-0.1, -0.05) is 11.6 Å². The maximum Gasteiger partial charge on any atom is 0.323 e. The number of Topliss-reactive ketones (excluding diaryl/α,β-unsaturated/α-hetero) is 1. The molecular weight excluding hydrogens is 356 g/mol. The largest absolute Gasteiger partial charge is 0.468 e. The van der Waals surface area contributed by atoms with Crippen LogP contribution in [-0.2, 0) is 38.1 Å². The summed E-state index contributed by atoms with van der Waals surface area (Å²) in [6.45, 7) is 2.88. The number of ether oxygens (including phenoxy) is 4. The Bertz CT molecular complexity index is 634. The third-order valence-corrected chi connectivity index (χ3v) is 5.34. The van der Waals surface area contributed by atoms with Crippen LogP contribution in [0, 0.1) is 17.3 Å². The van der Waals surface area contributed by atoms with Crippen LogP contribution in [0.3, 0.4) is 0 Å². The SMILES string of the molecule is COC(=O)C1(C(=O)OC)CCC/C(C)=C\C[C@@H]2C(=O)CO[C@H](OC(C)=O)[C@H]21. The molecule has 0 spiro atoms. The van der Waals surface area contributed by atoms with E-state index >= 15 is 0 Å². The molecule has 0 bridgehead atoms. The molecule has 3 atom stereocenters. The maximum absolute atomic E-state index is 12.9. The molecule has 1 heterocycles. The summed E-state index contributed by atoms with van der Waals surface area (Å²) >= 11 is 0. The number of hydrogen-bond donors (Lipinski definition) is 0. The normalized spacial score (nSPS) is 29.7. The van der Waals surface area contributed by atoms with Gasteiger partial charge >= 0.3 is 17.9 Å². The summed E-state index contributed by atoms with van der Waals surface area (Å²) in [7, 11) is 2.34. The van der Waals surface area contributed by atoms with Crippen LogP contribution in [-0.4, -0.2) is 50.8 Å². The number of esters is 3. The third kappa shape index (κ3) is 4.05. The van der Waals surface area contributed by atoms with Crippen LogP contribution >= 0.6 is 0 Å². The van der Waals surface area contributed by atoms with Crippen LogP contribution in [0.25, 0.3) is 0 Å². The molecule has 1 aliphatic heterocycles.